The monoisotopic (exact) mass is 313 g/mol. The number of carboxylic acids is 1. The summed E-state index contributed by atoms with van der Waals surface area (Å²) in [7, 11) is 0. The molecule has 2 amide bonds. The quantitative estimate of drug-likeness (QED) is 0.304. The van der Waals surface area contributed by atoms with Gasteiger partial charge in [0.1, 0.15) is 12.1 Å². The van der Waals surface area contributed by atoms with E-state index in [1.54, 1.807) is 0 Å². The van der Waals surface area contributed by atoms with Crippen LogP contribution in [0.3, 0.4) is 0 Å². The molecule has 10 nitrogen and oxygen atoms in total. The summed E-state index contributed by atoms with van der Waals surface area (Å²) in [4.78, 5) is 41.0. The van der Waals surface area contributed by atoms with Gasteiger partial charge in [0, 0.05) is 18.3 Å². The minimum atomic E-state index is -1.29. The number of carbonyl (C=O) groups excluding carboxylic acids is 2. The third-order valence-corrected chi connectivity index (χ3v) is 2.86. The Labute approximate surface area is 126 Å². The fraction of sp³-hybridized carbons (Fsp3) is 0.500. The van der Waals surface area contributed by atoms with Crippen LogP contribution in [-0.2, 0) is 20.8 Å². The van der Waals surface area contributed by atoms with Crippen molar-refractivity contribution in [2.45, 2.75) is 31.5 Å². The maximum atomic E-state index is 12.1. The molecule has 3 unspecified atom stereocenters. The minimum Gasteiger partial charge on any atom is -0.480 e. The maximum absolute atomic E-state index is 12.1. The van der Waals surface area contributed by atoms with Crippen LogP contribution in [0.5, 0.6) is 0 Å². The summed E-state index contributed by atoms with van der Waals surface area (Å²) in [5, 5.41) is 23.2. The summed E-state index contributed by atoms with van der Waals surface area (Å²) >= 11 is 0. The number of carboxylic acid groups (broad SMARTS) is 1. The number of imidazole rings is 1. The molecule has 1 heterocycles. The van der Waals surface area contributed by atoms with E-state index in [2.05, 4.69) is 20.6 Å². The molecule has 0 aliphatic carbocycles. The van der Waals surface area contributed by atoms with E-state index < -0.39 is 36.0 Å². The summed E-state index contributed by atoms with van der Waals surface area (Å²) in [6.07, 6.45) is 1.59. The van der Waals surface area contributed by atoms with E-state index in [1.807, 2.05) is 0 Å². The van der Waals surface area contributed by atoms with E-state index in [4.69, 9.17) is 10.8 Å². The number of aromatic amines is 1. The van der Waals surface area contributed by atoms with Crippen molar-refractivity contribution in [1.82, 2.24) is 20.6 Å². The van der Waals surface area contributed by atoms with Gasteiger partial charge in [-0.05, 0) is 6.92 Å². The van der Waals surface area contributed by atoms with Crippen molar-refractivity contribution in [3.05, 3.63) is 18.2 Å². The van der Waals surface area contributed by atoms with Crippen LogP contribution in [0.2, 0.25) is 0 Å². The number of hydrogen-bond acceptors (Lipinski definition) is 6. The van der Waals surface area contributed by atoms with Gasteiger partial charge >= 0.3 is 5.97 Å². The van der Waals surface area contributed by atoms with Gasteiger partial charge in [-0.15, -0.1) is 0 Å². The number of nitrogens with one attached hydrogen (secondary N) is 3. The molecular weight excluding hydrogens is 294 g/mol. The van der Waals surface area contributed by atoms with Crippen molar-refractivity contribution in [2.24, 2.45) is 5.73 Å². The smallest absolute Gasteiger partial charge is 0.326 e. The van der Waals surface area contributed by atoms with Gasteiger partial charge in [0.25, 0.3) is 0 Å². The predicted molar refractivity (Wildman–Crippen MR) is 74.5 cm³/mol. The minimum absolute atomic E-state index is 0.0154. The van der Waals surface area contributed by atoms with Gasteiger partial charge in [-0.3, -0.25) is 9.59 Å². The second-order valence-electron chi connectivity index (χ2n) is 4.67. The van der Waals surface area contributed by atoms with E-state index in [-0.39, 0.29) is 13.0 Å². The third-order valence-electron chi connectivity index (χ3n) is 2.86. The van der Waals surface area contributed by atoms with Crippen LogP contribution >= 0.6 is 0 Å². The van der Waals surface area contributed by atoms with Gasteiger partial charge in [0.05, 0.1) is 19.0 Å². The molecule has 1 rings (SSSR count). The fourth-order valence-electron chi connectivity index (χ4n) is 1.72. The zero-order valence-corrected chi connectivity index (χ0v) is 11.9. The standard InChI is InChI=1S/C12H19N5O5/c1-6(18)10(17-9(19)3-13)11(20)16-8(12(21)22)2-7-4-14-5-15-7/h4-6,8,10,18H,2-3,13H2,1H3,(H,14,15)(H,16,20)(H,17,19)(H,21,22). The predicted octanol–water partition coefficient (Wildman–Crippen LogP) is -2.65. The molecule has 22 heavy (non-hydrogen) atoms. The molecule has 0 saturated heterocycles. The Balaban J connectivity index is 2.75. The Morgan fingerprint density at radius 3 is 2.55 bits per heavy atom. The molecule has 0 fully saturated rings. The molecule has 0 saturated carbocycles. The molecule has 0 aromatic carbocycles. The first-order valence-corrected chi connectivity index (χ1v) is 6.53. The van der Waals surface area contributed by atoms with Crippen LogP contribution in [0, 0.1) is 0 Å². The zero-order chi connectivity index (χ0) is 16.7. The third kappa shape index (κ3) is 5.14. The lowest BCUT2D eigenvalue weighted by Crippen LogP contribution is -2.56. The fourth-order valence-corrected chi connectivity index (χ4v) is 1.72. The highest BCUT2D eigenvalue weighted by molar-refractivity contribution is 5.91. The highest BCUT2D eigenvalue weighted by atomic mass is 16.4. The summed E-state index contributed by atoms with van der Waals surface area (Å²) in [6, 6.07) is -2.52. The lowest BCUT2D eigenvalue weighted by atomic mass is 10.1. The number of nitrogens with two attached hydrogens (primary N) is 1. The first-order chi connectivity index (χ1) is 10.3. The van der Waals surface area contributed by atoms with Crippen LogP contribution in [0.25, 0.3) is 0 Å². The molecule has 0 spiro atoms. The van der Waals surface area contributed by atoms with E-state index in [9.17, 15) is 19.5 Å². The Hall–Kier alpha value is -2.46. The van der Waals surface area contributed by atoms with E-state index in [1.165, 1.54) is 19.4 Å². The number of hydrogen-bond donors (Lipinski definition) is 6. The summed E-state index contributed by atoms with van der Waals surface area (Å²) in [5.74, 6) is -2.71. The molecule has 10 heteroatoms. The number of carbonyl (C=O) groups is 3. The Morgan fingerprint density at radius 1 is 1.41 bits per heavy atom. The van der Waals surface area contributed by atoms with Crippen molar-refractivity contribution >= 4 is 17.8 Å². The van der Waals surface area contributed by atoms with Gasteiger partial charge in [-0.1, -0.05) is 0 Å². The maximum Gasteiger partial charge on any atom is 0.326 e. The average molecular weight is 313 g/mol. The number of rotatable bonds is 8. The van der Waals surface area contributed by atoms with E-state index in [0.29, 0.717) is 5.69 Å². The van der Waals surface area contributed by atoms with Crippen LogP contribution in [0.1, 0.15) is 12.6 Å². The lowest BCUT2D eigenvalue weighted by Gasteiger charge is -2.23. The first-order valence-electron chi connectivity index (χ1n) is 6.53. The number of aliphatic carboxylic acids is 1. The van der Waals surface area contributed by atoms with Crippen molar-refractivity contribution in [2.75, 3.05) is 6.54 Å². The second-order valence-corrected chi connectivity index (χ2v) is 4.67. The van der Waals surface area contributed by atoms with Crippen molar-refractivity contribution in [3.63, 3.8) is 0 Å². The summed E-state index contributed by atoms with van der Waals surface area (Å²) < 4.78 is 0. The number of aromatic nitrogens is 2. The topological polar surface area (TPSA) is 170 Å². The molecule has 7 N–H and O–H groups in total. The second kappa shape index (κ2) is 8.10. The van der Waals surface area contributed by atoms with Crippen LogP contribution in [0.4, 0.5) is 0 Å². The van der Waals surface area contributed by atoms with Gasteiger partial charge in [-0.2, -0.15) is 0 Å². The largest absolute Gasteiger partial charge is 0.480 e. The molecule has 122 valence electrons. The van der Waals surface area contributed by atoms with Crippen molar-refractivity contribution in [1.29, 1.82) is 0 Å². The Kier molecular flexibility index (Phi) is 6.47. The van der Waals surface area contributed by atoms with Gasteiger partial charge < -0.3 is 31.6 Å². The van der Waals surface area contributed by atoms with E-state index >= 15 is 0 Å². The van der Waals surface area contributed by atoms with Gasteiger partial charge in [0.15, 0.2) is 0 Å². The van der Waals surface area contributed by atoms with Gasteiger partial charge in [0.2, 0.25) is 11.8 Å². The molecule has 1 aromatic rings. The highest BCUT2D eigenvalue weighted by Crippen LogP contribution is 2.01. The summed E-state index contributed by atoms with van der Waals surface area (Å²) in [6.45, 7) is 0.943. The molecule has 0 aliphatic rings. The molecule has 0 aliphatic heterocycles. The Morgan fingerprint density at radius 2 is 2.09 bits per heavy atom. The number of H-pyrrole nitrogens is 1. The molecular formula is C12H19N5O5. The Bertz CT molecular complexity index is 516. The van der Waals surface area contributed by atoms with Crippen LogP contribution < -0.4 is 16.4 Å². The van der Waals surface area contributed by atoms with Gasteiger partial charge in [-0.25, -0.2) is 9.78 Å². The number of nitrogens with zero attached hydrogens (tertiary/aromatic N) is 1. The molecule has 0 bridgehead atoms. The summed E-state index contributed by atoms with van der Waals surface area (Å²) in [5.41, 5.74) is 5.65. The molecule has 1 aromatic heterocycles. The number of aliphatic hydroxyl groups is 1. The van der Waals surface area contributed by atoms with Crippen molar-refractivity contribution in [3.8, 4) is 0 Å². The first kappa shape index (κ1) is 17.6. The zero-order valence-electron chi connectivity index (χ0n) is 11.9. The molecule has 0 radical (unpaired) electrons. The van der Waals surface area contributed by atoms with Crippen molar-refractivity contribution < 1.29 is 24.6 Å². The lowest BCUT2D eigenvalue weighted by molar-refractivity contribution is -0.142. The number of amides is 2. The SMILES string of the molecule is CC(O)C(NC(=O)CN)C(=O)NC(Cc1cnc[nH]1)C(=O)O. The van der Waals surface area contributed by atoms with Crippen LogP contribution in [0.15, 0.2) is 12.5 Å². The molecule has 3 atom stereocenters. The van der Waals surface area contributed by atoms with Crippen LogP contribution in [-0.4, -0.2) is 62.7 Å². The number of aliphatic hydroxyl groups excluding tert-OH is 1. The highest BCUT2D eigenvalue weighted by Gasteiger charge is 2.29. The van der Waals surface area contributed by atoms with E-state index in [0.717, 1.165) is 0 Å². The normalized spacial score (nSPS) is 14.7. The average Bonchev–Trinajstić information content (AvgIpc) is 2.95.